The minimum absolute atomic E-state index is 0.0611. The third-order valence-electron chi connectivity index (χ3n) is 7.47. The number of hydrogen-bond acceptors (Lipinski definition) is 5. The van der Waals surface area contributed by atoms with Crippen molar-refractivity contribution in [3.8, 4) is 5.75 Å². The minimum Gasteiger partial charge on any atom is -0.497 e. The smallest absolute Gasteiger partial charge is 0.264 e. The maximum absolute atomic E-state index is 14.5. The molecule has 0 radical (unpaired) electrons. The summed E-state index contributed by atoms with van der Waals surface area (Å²) in [6, 6.07) is 26.7. The first-order valence-corrected chi connectivity index (χ1v) is 16.5. The molecule has 0 unspecified atom stereocenters. The van der Waals surface area contributed by atoms with Crippen LogP contribution < -0.4 is 14.4 Å². The highest BCUT2D eigenvalue weighted by atomic mass is 32.2. The molecule has 0 aromatic heterocycles. The van der Waals surface area contributed by atoms with E-state index in [1.165, 1.54) is 48.4 Å². The fourth-order valence-corrected chi connectivity index (χ4v) is 6.29. The van der Waals surface area contributed by atoms with Crippen molar-refractivity contribution in [2.24, 2.45) is 5.92 Å². The molecule has 2 amide bonds. The van der Waals surface area contributed by atoms with Gasteiger partial charge in [0.15, 0.2) is 0 Å². The number of halogens is 1. The summed E-state index contributed by atoms with van der Waals surface area (Å²) in [6.45, 7) is 5.75. The minimum atomic E-state index is -4.32. The second-order valence-electron chi connectivity index (χ2n) is 11.5. The van der Waals surface area contributed by atoms with E-state index < -0.39 is 34.3 Å². The summed E-state index contributed by atoms with van der Waals surface area (Å²) in [6.07, 6.45) is 0.212. The van der Waals surface area contributed by atoms with Gasteiger partial charge in [-0.2, -0.15) is 0 Å². The molecule has 0 fully saturated rings. The zero-order chi connectivity index (χ0) is 33.3. The number of sulfonamides is 1. The summed E-state index contributed by atoms with van der Waals surface area (Å²) in [5.74, 6) is -0.857. The van der Waals surface area contributed by atoms with Gasteiger partial charge in [-0.1, -0.05) is 74.0 Å². The monoisotopic (exact) mass is 645 g/mol. The Bertz CT molecular complexity index is 1700. The molecule has 4 aromatic carbocycles. The Morgan fingerprint density at radius 1 is 0.848 bits per heavy atom. The number of amides is 2. The van der Waals surface area contributed by atoms with E-state index in [1.807, 2.05) is 75.4 Å². The zero-order valence-electron chi connectivity index (χ0n) is 26.5. The predicted octanol–water partition coefficient (Wildman–Crippen LogP) is 5.75. The summed E-state index contributed by atoms with van der Waals surface area (Å²) in [5, 5.41) is 2.97. The van der Waals surface area contributed by atoms with Crippen LogP contribution in [0.3, 0.4) is 0 Å². The van der Waals surface area contributed by atoms with Crippen LogP contribution in [0.4, 0.5) is 10.1 Å². The Morgan fingerprint density at radius 3 is 2.07 bits per heavy atom. The summed E-state index contributed by atoms with van der Waals surface area (Å²) < 4.78 is 48.2. The third kappa shape index (κ3) is 8.94. The number of nitrogens with one attached hydrogen (secondary N) is 1. The van der Waals surface area contributed by atoms with Gasteiger partial charge in [0.25, 0.3) is 10.0 Å². The van der Waals surface area contributed by atoms with E-state index in [9.17, 15) is 22.4 Å². The molecule has 0 aliphatic carbocycles. The average molecular weight is 646 g/mol. The number of benzene rings is 4. The molecule has 0 bridgehead atoms. The lowest BCUT2D eigenvalue weighted by atomic mass is 10.0. The van der Waals surface area contributed by atoms with Crippen molar-refractivity contribution in [1.29, 1.82) is 0 Å². The number of aryl methyl sites for hydroxylation is 1. The Hall–Kier alpha value is -4.70. The van der Waals surface area contributed by atoms with Gasteiger partial charge in [-0.15, -0.1) is 0 Å². The molecule has 242 valence electrons. The van der Waals surface area contributed by atoms with Crippen LogP contribution in [0, 0.1) is 18.7 Å². The van der Waals surface area contributed by atoms with E-state index in [-0.39, 0.29) is 35.4 Å². The summed E-state index contributed by atoms with van der Waals surface area (Å²) in [5.41, 5.74) is 2.75. The van der Waals surface area contributed by atoms with Crippen molar-refractivity contribution in [3.63, 3.8) is 0 Å². The first-order valence-electron chi connectivity index (χ1n) is 15.1. The number of hydrogen-bond donors (Lipinski definition) is 1. The first kappa shape index (κ1) is 34.2. The molecule has 4 aromatic rings. The molecule has 0 heterocycles. The van der Waals surface area contributed by atoms with Crippen LogP contribution in [0.25, 0.3) is 0 Å². The van der Waals surface area contributed by atoms with E-state index in [0.29, 0.717) is 12.3 Å². The summed E-state index contributed by atoms with van der Waals surface area (Å²) in [7, 11) is -2.85. The number of methoxy groups -OCH3 is 1. The van der Waals surface area contributed by atoms with Crippen molar-refractivity contribution in [3.05, 3.63) is 126 Å². The fraction of sp³-hybridized carbons (Fsp3) is 0.278. The molecular weight excluding hydrogens is 605 g/mol. The van der Waals surface area contributed by atoms with E-state index in [2.05, 4.69) is 5.32 Å². The lowest BCUT2D eigenvalue weighted by molar-refractivity contribution is -0.140. The molecule has 8 nitrogen and oxygen atoms in total. The third-order valence-corrected chi connectivity index (χ3v) is 9.26. The van der Waals surface area contributed by atoms with Crippen LogP contribution in [-0.2, 0) is 32.6 Å². The largest absolute Gasteiger partial charge is 0.497 e. The molecule has 0 saturated heterocycles. The standard InChI is InChI=1S/C36H40FN3O5S/c1-26(2)23-38-36(42)34(22-28-8-6-5-7-9-28)39(24-29-12-10-27(3)11-13-29)35(41)25-40(31-16-14-30(37)15-17-31)46(43,44)33-20-18-32(45-4)19-21-33/h5-21,26,34H,22-25H2,1-4H3,(H,38,42)/t34-/m0/s1. The van der Waals surface area contributed by atoms with E-state index >= 15 is 0 Å². The zero-order valence-corrected chi connectivity index (χ0v) is 27.3. The van der Waals surface area contributed by atoms with Crippen LogP contribution >= 0.6 is 0 Å². The SMILES string of the molecule is COc1ccc(S(=O)(=O)N(CC(=O)N(Cc2ccc(C)cc2)[C@@H](Cc2ccccc2)C(=O)NCC(C)C)c2ccc(F)cc2)cc1. The number of rotatable bonds is 14. The van der Waals surface area contributed by atoms with E-state index in [0.717, 1.165) is 33.1 Å². The van der Waals surface area contributed by atoms with Gasteiger partial charge < -0.3 is 15.0 Å². The number of nitrogens with zero attached hydrogens (tertiary/aromatic N) is 2. The highest BCUT2D eigenvalue weighted by molar-refractivity contribution is 7.92. The molecule has 1 N–H and O–H groups in total. The summed E-state index contributed by atoms with van der Waals surface area (Å²) in [4.78, 5) is 29.6. The number of carbonyl (C=O) groups is 2. The summed E-state index contributed by atoms with van der Waals surface area (Å²) >= 11 is 0. The predicted molar refractivity (Wildman–Crippen MR) is 177 cm³/mol. The van der Waals surface area contributed by atoms with Crippen molar-refractivity contribution in [2.45, 2.75) is 44.7 Å². The van der Waals surface area contributed by atoms with Crippen LogP contribution in [0.1, 0.15) is 30.5 Å². The maximum Gasteiger partial charge on any atom is 0.264 e. The van der Waals surface area contributed by atoms with Crippen molar-refractivity contribution in [1.82, 2.24) is 10.2 Å². The molecule has 46 heavy (non-hydrogen) atoms. The van der Waals surface area contributed by atoms with E-state index in [1.54, 1.807) is 0 Å². The highest BCUT2D eigenvalue weighted by Crippen LogP contribution is 2.26. The Labute approximate surface area is 270 Å². The Balaban J connectivity index is 1.79. The second-order valence-corrected chi connectivity index (χ2v) is 13.4. The van der Waals surface area contributed by atoms with Gasteiger partial charge in [0, 0.05) is 19.5 Å². The molecule has 1 atom stereocenters. The second kappa shape index (κ2) is 15.5. The van der Waals surface area contributed by atoms with Gasteiger partial charge in [-0.05, 0) is 72.5 Å². The lowest BCUT2D eigenvalue weighted by Gasteiger charge is -2.34. The Kier molecular flexibility index (Phi) is 11.5. The maximum atomic E-state index is 14.5. The van der Waals surface area contributed by atoms with Crippen LogP contribution in [0.2, 0.25) is 0 Å². The van der Waals surface area contributed by atoms with Crippen molar-refractivity contribution in [2.75, 3.05) is 24.5 Å². The molecule has 4 rings (SSSR count). The van der Waals surface area contributed by atoms with Gasteiger partial charge in [-0.3, -0.25) is 13.9 Å². The quantitative estimate of drug-likeness (QED) is 0.189. The fourth-order valence-electron chi connectivity index (χ4n) is 4.88. The van der Waals surface area contributed by atoms with Gasteiger partial charge in [-0.25, -0.2) is 12.8 Å². The van der Waals surface area contributed by atoms with Gasteiger partial charge in [0.2, 0.25) is 11.8 Å². The van der Waals surface area contributed by atoms with E-state index in [4.69, 9.17) is 4.74 Å². The first-order chi connectivity index (χ1) is 22.0. The topological polar surface area (TPSA) is 96.0 Å². The Morgan fingerprint density at radius 2 is 1.48 bits per heavy atom. The van der Waals surface area contributed by atoms with Gasteiger partial charge in [0.05, 0.1) is 17.7 Å². The van der Waals surface area contributed by atoms with Crippen LogP contribution in [-0.4, -0.2) is 51.4 Å². The van der Waals surface area contributed by atoms with Crippen LogP contribution in [0.5, 0.6) is 5.75 Å². The highest BCUT2D eigenvalue weighted by Gasteiger charge is 2.34. The lowest BCUT2D eigenvalue weighted by Crippen LogP contribution is -2.53. The molecular formula is C36H40FN3O5S. The molecule has 10 heteroatoms. The number of carbonyl (C=O) groups excluding carboxylic acids is 2. The average Bonchev–Trinajstić information content (AvgIpc) is 3.05. The normalized spacial score (nSPS) is 12.0. The number of ether oxygens (including phenoxy) is 1. The molecule has 0 aliphatic rings. The van der Waals surface area contributed by atoms with Crippen molar-refractivity contribution < 1.29 is 27.1 Å². The molecule has 0 saturated carbocycles. The molecule has 0 spiro atoms. The number of anilines is 1. The van der Waals surface area contributed by atoms with Crippen LogP contribution in [0.15, 0.2) is 108 Å². The van der Waals surface area contributed by atoms with Gasteiger partial charge in [0.1, 0.15) is 24.2 Å². The van der Waals surface area contributed by atoms with Gasteiger partial charge >= 0.3 is 0 Å². The van der Waals surface area contributed by atoms with Crippen molar-refractivity contribution >= 4 is 27.5 Å². The molecule has 0 aliphatic heterocycles.